The van der Waals surface area contributed by atoms with Gasteiger partial charge in [-0.2, -0.15) is 0 Å². The molecule has 5 aliphatic carbocycles. The second-order valence-electron chi connectivity index (χ2n) is 19.0. The summed E-state index contributed by atoms with van der Waals surface area (Å²) in [5.41, 5.74) is 1.81. The Balaban J connectivity index is 1.12. The summed E-state index contributed by atoms with van der Waals surface area (Å²) in [6.45, 7) is 17.0. The lowest BCUT2D eigenvalue weighted by Gasteiger charge is -2.71. The summed E-state index contributed by atoms with van der Waals surface area (Å²) in [7, 11) is 0. The minimum Gasteiger partial charge on any atom is -0.508 e. The summed E-state index contributed by atoms with van der Waals surface area (Å²) in [6.07, 6.45) is 11.7. The van der Waals surface area contributed by atoms with Crippen molar-refractivity contribution in [3.05, 3.63) is 59.2 Å². The molecule has 4 N–H and O–H groups in total. The molecule has 4 saturated carbocycles. The molecule has 0 aromatic heterocycles. The number of phenolic OH excluding ortho intramolecular Hbond substituents is 3. The third-order valence-electron chi connectivity index (χ3n) is 16.5. The van der Waals surface area contributed by atoms with Crippen LogP contribution in [0.4, 0.5) is 0 Å². The van der Waals surface area contributed by atoms with Crippen LogP contribution in [0.5, 0.6) is 23.0 Å². The quantitative estimate of drug-likeness (QED) is 0.102. The minimum absolute atomic E-state index is 0.00331. The van der Waals surface area contributed by atoms with Gasteiger partial charge in [0.15, 0.2) is 5.78 Å². The van der Waals surface area contributed by atoms with Gasteiger partial charge in [0, 0.05) is 18.6 Å². The summed E-state index contributed by atoms with van der Waals surface area (Å²) >= 11 is 0. The molecule has 0 saturated heterocycles. The lowest BCUT2D eigenvalue weighted by atomic mass is 9.33. The van der Waals surface area contributed by atoms with E-state index in [4.69, 9.17) is 4.74 Å². The predicted molar refractivity (Wildman–Crippen MR) is 201 cm³/mol. The minimum atomic E-state index is -0.572. The van der Waals surface area contributed by atoms with E-state index >= 15 is 0 Å². The van der Waals surface area contributed by atoms with E-state index in [0.29, 0.717) is 35.8 Å². The summed E-state index contributed by atoms with van der Waals surface area (Å²) in [6, 6.07) is 9.40. The van der Waals surface area contributed by atoms with Gasteiger partial charge in [0.1, 0.15) is 28.6 Å². The highest BCUT2D eigenvalue weighted by Crippen LogP contribution is 2.75. The van der Waals surface area contributed by atoms with Crippen molar-refractivity contribution in [2.75, 3.05) is 0 Å². The molecule has 2 unspecified atom stereocenters. The maximum atomic E-state index is 14.6. The van der Waals surface area contributed by atoms with E-state index in [9.17, 15) is 30.0 Å². The van der Waals surface area contributed by atoms with Crippen LogP contribution in [0, 0.1) is 56.7 Å². The zero-order valence-corrected chi connectivity index (χ0v) is 32.3. The molecule has 7 rings (SSSR count). The molecule has 0 radical (unpaired) electrons. The first kappa shape index (κ1) is 37.0. The molecule has 2 aromatic carbocycles. The number of aliphatic hydroxyl groups is 1. The van der Waals surface area contributed by atoms with E-state index < -0.39 is 22.7 Å². The van der Waals surface area contributed by atoms with Crippen LogP contribution in [0.2, 0.25) is 0 Å². The van der Waals surface area contributed by atoms with Gasteiger partial charge >= 0.3 is 5.97 Å². The van der Waals surface area contributed by atoms with Crippen LogP contribution in [-0.2, 0) is 11.2 Å². The molecule has 7 nitrogen and oxygen atoms in total. The number of ether oxygens (including phenoxy) is 1. The van der Waals surface area contributed by atoms with Crippen LogP contribution in [0.3, 0.4) is 0 Å². The first-order valence-corrected chi connectivity index (χ1v) is 19.9. The van der Waals surface area contributed by atoms with E-state index in [1.165, 1.54) is 5.57 Å². The Morgan fingerprint density at radius 2 is 1.50 bits per heavy atom. The second-order valence-corrected chi connectivity index (χ2v) is 19.0. The molecular formula is C45H60O7. The lowest BCUT2D eigenvalue weighted by molar-refractivity contribution is -0.206. The molecule has 0 spiro atoms. The zero-order chi connectivity index (χ0) is 37.6. The second kappa shape index (κ2) is 12.6. The topological polar surface area (TPSA) is 124 Å². The van der Waals surface area contributed by atoms with E-state index in [-0.39, 0.29) is 57.4 Å². The predicted octanol–water partition coefficient (Wildman–Crippen LogP) is 9.54. The van der Waals surface area contributed by atoms with Crippen molar-refractivity contribution in [3.63, 3.8) is 0 Å². The number of aliphatic hydroxyl groups excluding tert-OH is 1. The van der Waals surface area contributed by atoms with E-state index in [0.717, 1.165) is 75.5 Å². The van der Waals surface area contributed by atoms with Crippen LogP contribution < -0.4 is 4.74 Å². The Bertz CT molecular complexity index is 1750. The maximum Gasteiger partial charge on any atom is 0.318 e. The van der Waals surface area contributed by atoms with Gasteiger partial charge in [-0.05, 0) is 133 Å². The van der Waals surface area contributed by atoms with E-state index in [2.05, 4.69) is 54.5 Å². The lowest BCUT2D eigenvalue weighted by Crippen LogP contribution is -2.65. The Morgan fingerprint density at radius 3 is 2.17 bits per heavy atom. The van der Waals surface area contributed by atoms with Crippen LogP contribution in [-0.4, -0.2) is 38.3 Å². The number of Topliss-reactive ketones (excluding diaryl/α,β-unsaturated/α-hetero) is 1. The molecule has 4 fully saturated rings. The highest BCUT2D eigenvalue weighted by Gasteiger charge is 2.69. The molecule has 10 atom stereocenters. The fourth-order valence-electron chi connectivity index (χ4n) is 13.0. The van der Waals surface area contributed by atoms with Crippen molar-refractivity contribution in [1.29, 1.82) is 0 Å². The Labute approximate surface area is 309 Å². The maximum absolute atomic E-state index is 14.6. The number of hydrogen-bond acceptors (Lipinski definition) is 7. The number of fused-ring (bicyclic) bond motifs is 7. The summed E-state index contributed by atoms with van der Waals surface area (Å²) in [5.74, 6) is 0.775. The van der Waals surface area contributed by atoms with E-state index in [1.54, 1.807) is 12.1 Å². The number of rotatable bonds is 6. The number of aryl methyl sites for hydroxylation is 1. The van der Waals surface area contributed by atoms with Gasteiger partial charge in [0.2, 0.25) is 0 Å². The van der Waals surface area contributed by atoms with Gasteiger partial charge in [-0.1, -0.05) is 72.2 Å². The smallest absolute Gasteiger partial charge is 0.318 e. The number of phenols is 3. The summed E-state index contributed by atoms with van der Waals surface area (Å²) in [5, 5.41) is 40.9. The average Bonchev–Trinajstić information content (AvgIpc) is 3.07. The Kier molecular flexibility index (Phi) is 8.99. The zero-order valence-electron chi connectivity index (χ0n) is 32.3. The summed E-state index contributed by atoms with van der Waals surface area (Å²) in [4.78, 5) is 27.4. The van der Waals surface area contributed by atoms with Crippen molar-refractivity contribution >= 4 is 11.8 Å². The molecule has 0 bridgehead atoms. The van der Waals surface area contributed by atoms with E-state index in [1.807, 2.05) is 12.1 Å². The van der Waals surface area contributed by atoms with Crippen LogP contribution in [0.1, 0.15) is 129 Å². The molecule has 0 amide bonds. The Hall–Kier alpha value is -3.32. The number of carbonyl (C=O) groups is 2. The molecule has 7 heteroatoms. The van der Waals surface area contributed by atoms with Crippen LogP contribution in [0.25, 0.3) is 0 Å². The number of esters is 1. The highest BCUT2D eigenvalue weighted by molar-refractivity contribution is 6.01. The Morgan fingerprint density at radius 1 is 0.827 bits per heavy atom. The molecule has 282 valence electrons. The third-order valence-corrected chi connectivity index (χ3v) is 16.5. The number of benzene rings is 2. The van der Waals surface area contributed by atoms with Gasteiger partial charge in [0.25, 0.3) is 0 Å². The van der Waals surface area contributed by atoms with Crippen LogP contribution >= 0.6 is 0 Å². The number of hydrogen-bond donors (Lipinski definition) is 4. The number of ketones is 1. The number of aromatic hydroxyl groups is 3. The van der Waals surface area contributed by atoms with Gasteiger partial charge in [0.05, 0.1) is 11.5 Å². The monoisotopic (exact) mass is 712 g/mol. The van der Waals surface area contributed by atoms with Crippen molar-refractivity contribution in [2.45, 2.75) is 125 Å². The molecule has 0 heterocycles. The molecule has 52 heavy (non-hydrogen) atoms. The van der Waals surface area contributed by atoms with Gasteiger partial charge < -0.3 is 25.2 Å². The van der Waals surface area contributed by atoms with Crippen LogP contribution in [0.15, 0.2) is 48.0 Å². The fraction of sp³-hybridized carbons (Fsp3) is 0.644. The first-order chi connectivity index (χ1) is 24.4. The van der Waals surface area contributed by atoms with Crippen molar-refractivity contribution in [1.82, 2.24) is 0 Å². The van der Waals surface area contributed by atoms with Gasteiger partial charge in [-0.25, -0.2) is 0 Å². The van der Waals surface area contributed by atoms with Crippen molar-refractivity contribution in [2.24, 2.45) is 56.7 Å². The highest BCUT2D eigenvalue weighted by atomic mass is 16.5. The van der Waals surface area contributed by atoms with Crippen molar-refractivity contribution < 1.29 is 34.8 Å². The molecule has 5 aliphatic rings. The number of carbonyl (C=O) groups excluding carboxylic acids is 2. The number of allylic oxidation sites excluding steroid dienone is 2. The average molecular weight is 713 g/mol. The van der Waals surface area contributed by atoms with Crippen molar-refractivity contribution in [3.8, 4) is 23.0 Å². The first-order valence-electron chi connectivity index (χ1n) is 19.9. The largest absolute Gasteiger partial charge is 0.508 e. The third kappa shape index (κ3) is 5.37. The normalized spacial score (nSPS) is 39.2. The van der Waals surface area contributed by atoms with Gasteiger partial charge in [-0.15, -0.1) is 0 Å². The van der Waals surface area contributed by atoms with Gasteiger partial charge in [-0.3, -0.25) is 9.59 Å². The summed E-state index contributed by atoms with van der Waals surface area (Å²) < 4.78 is 6.31. The molecule has 2 aromatic rings. The SMILES string of the molecule is C[C@H]1[C@H](C)CC[C@]2(C(=O)Oc3ccc(CCC(=O)c4c(O)cc(O)cc4O)cc3)CC[C@]3(C)C(=CCC4[C@@]5(C)CC[C@H](O)C(C)(C)C5CC[C@]43C)[C@H]12. The standard InChI is InChI=1S/C45H60O7/c1-26-16-21-45(40(51)52-30-11-8-28(9-12-30)10-14-32(47)38-33(48)24-29(46)25-34(38)49)23-22-43(6)31(39(45)27(26)2)13-15-36-42(5)19-18-37(50)41(3,4)35(42)17-20-44(36,43)7/h8-9,11-13,24-27,35-37,39,46,48-50H,10,14-23H2,1-7H3/t26-,27+,35?,36?,37+,39+,42+,43-,44-,45+/m1/s1. The fourth-order valence-corrected chi connectivity index (χ4v) is 13.0. The molecular weight excluding hydrogens is 652 g/mol. The molecule has 0 aliphatic heterocycles.